The molecule has 0 bridgehead atoms. The molecule has 0 unspecified atom stereocenters. The third-order valence-corrected chi connectivity index (χ3v) is 3.80. The Hall–Kier alpha value is -2.34. The van der Waals surface area contributed by atoms with Gasteiger partial charge in [-0.3, -0.25) is 14.3 Å². The molecule has 0 saturated carbocycles. The lowest BCUT2D eigenvalue weighted by atomic mass is 10.1. The van der Waals surface area contributed by atoms with Gasteiger partial charge in [-0.05, 0) is 31.0 Å². The Morgan fingerprint density at radius 3 is 2.65 bits per heavy atom. The number of carbonyl (C=O) groups is 2. The number of hydrogen-bond donors (Lipinski definition) is 2. The van der Waals surface area contributed by atoms with E-state index in [1.807, 2.05) is 31.2 Å². The first-order chi connectivity index (χ1) is 11.0. The average molecular weight is 335 g/mol. The maximum absolute atomic E-state index is 11.9. The van der Waals surface area contributed by atoms with Crippen LogP contribution in [0.2, 0.25) is 5.02 Å². The second kappa shape index (κ2) is 7.78. The number of carbonyl (C=O) groups excluding carboxylic acids is 2. The Bertz CT molecular complexity index is 692. The normalized spacial score (nSPS) is 10.4. The first kappa shape index (κ1) is 17.0. The first-order valence-corrected chi connectivity index (χ1v) is 7.64. The lowest BCUT2D eigenvalue weighted by molar-refractivity contribution is -0.120. The van der Waals surface area contributed by atoms with E-state index in [4.69, 9.17) is 11.6 Å². The molecule has 2 aromatic rings. The van der Waals surface area contributed by atoms with E-state index in [1.165, 1.54) is 0 Å². The van der Waals surface area contributed by atoms with E-state index in [2.05, 4.69) is 15.7 Å². The van der Waals surface area contributed by atoms with Gasteiger partial charge in [0, 0.05) is 24.3 Å². The zero-order chi connectivity index (χ0) is 16.8. The molecule has 0 saturated heterocycles. The number of aryl methyl sites for hydroxylation is 2. The van der Waals surface area contributed by atoms with Gasteiger partial charge < -0.3 is 10.6 Å². The predicted molar refractivity (Wildman–Crippen MR) is 88.4 cm³/mol. The molecule has 6 nitrogen and oxygen atoms in total. The third kappa shape index (κ3) is 4.82. The van der Waals surface area contributed by atoms with Crippen molar-refractivity contribution >= 4 is 23.4 Å². The topological polar surface area (TPSA) is 76.0 Å². The quantitative estimate of drug-likeness (QED) is 0.840. The van der Waals surface area contributed by atoms with E-state index in [-0.39, 0.29) is 18.4 Å². The minimum atomic E-state index is -0.366. The molecule has 1 heterocycles. The van der Waals surface area contributed by atoms with Gasteiger partial charge in [-0.1, -0.05) is 29.8 Å². The number of amides is 2. The molecule has 0 atom stereocenters. The number of hydrogen-bond acceptors (Lipinski definition) is 3. The van der Waals surface area contributed by atoms with Crippen LogP contribution in [0.5, 0.6) is 0 Å². The number of nitrogens with zero attached hydrogens (tertiary/aromatic N) is 2. The van der Waals surface area contributed by atoms with Gasteiger partial charge in [0.15, 0.2) is 0 Å². The Labute approximate surface area is 139 Å². The van der Waals surface area contributed by atoms with Crippen LogP contribution in [0.25, 0.3) is 0 Å². The lowest BCUT2D eigenvalue weighted by Gasteiger charge is -2.07. The van der Waals surface area contributed by atoms with E-state index in [0.29, 0.717) is 23.7 Å². The van der Waals surface area contributed by atoms with E-state index in [9.17, 15) is 9.59 Å². The standard InChI is InChI=1S/C16H19ClN4O2/c1-11-9-14(20-21(11)2)16(23)19-10-15(22)18-8-7-12-5-3-4-6-13(12)17/h3-6,9H,7-8,10H2,1-2H3,(H,18,22)(H,19,23). The second-order valence-electron chi connectivity index (χ2n) is 5.17. The van der Waals surface area contributed by atoms with Gasteiger partial charge in [0.05, 0.1) is 6.54 Å². The molecule has 2 N–H and O–H groups in total. The largest absolute Gasteiger partial charge is 0.354 e. The van der Waals surface area contributed by atoms with E-state index in [1.54, 1.807) is 17.8 Å². The van der Waals surface area contributed by atoms with Crippen molar-refractivity contribution in [1.29, 1.82) is 0 Å². The van der Waals surface area contributed by atoms with Crippen molar-refractivity contribution in [2.75, 3.05) is 13.1 Å². The van der Waals surface area contributed by atoms with Crippen molar-refractivity contribution in [3.8, 4) is 0 Å². The fourth-order valence-corrected chi connectivity index (χ4v) is 2.25. The van der Waals surface area contributed by atoms with Crippen molar-refractivity contribution in [3.05, 3.63) is 52.3 Å². The Morgan fingerprint density at radius 2 is 2.00 bits per heavy atom. The Kier molecular flexibility index (Phi) is 5.76. The van der Waals surface area contributed by atoms with Crippen LogP contribution in [-0.2, 0) is 18.3 Å². The summed E-state index contributed by atoms with van der Waals surface area (Å²) in [7, 11) is 1.76. The fraction of sp³-hybridized carbons (Fsp3) is 0.312. The van der Waals surface area contributed by atoms with E-state index < -0.39 is 0 Å². The molecule has 1 aromatic carbocycles. The van der Waals surface area contributed by atoms with Crippen molar-refractivity contribution in [3.63, 3.8) is 0 Å². The van der Waals surface area contributed by atoms with Crippen molar-refractivity contribution in [2.24, 2.45) is 7.05 Å². The van der Waals surface area contributed by atoms with E-state index >= 15 is 0 Å². The molecule has 7 heteroatoms. The van der Waals surface area contributed by atoms with Gasteiger partial charge >= 0.3 is 0 Å². The van der Waals surface area contributed by atoms with Crippen LogP contribution in [-0.4, -0.2) is 34.7 Å². The summed E-state index contributed by atoms with van der Waals surface area (Å²) in [5, 5.41) is 10.0. The molecule has 0 radical (unpaired) electrons. The highest BCUT2D eigenvalue weighted by Crippen LogP contribution is 2.14. The molecule has 0 aliphatic carbocycles. The van der Waals surface area contributed by atoms with E-state index in [0.717, 1.165) is 11.3 Å². The average Bonchev–Trinajstić information content (AvgIpc) is 2.86. The first-order valence-electron chi connectivity index (χ1n) is 7.26. The Balaban J connectivity index is 1.73. The summed E-state index contributed by atoms with van der Waals surface area (Å²) in [5.41, 5.74) is 2.15. The van der Waals surface area contributed by atoms with Gasteiger partial charge in [0.1, 0.15) is 5.69 Å². The van der Waals surface area contributed by atoms with Crippen molar-refractivity contribution in [1.82, 2.24) is 20.4 Å². The molecule has 122 valence electrons. The molecular weight excluding hydrogens is 316 g/mol. The summed E-state index contributed by atoms with van der Waals surface area (Å²) < 4.78 is 1.61. The zero-order valence-electron chi connectivity index (χ0n) is 13.1. The molecule has 0 spiro atoms. The van der Waals surface area contributed by atoms with Gasteiger partial charge in [-0.25, -0.2) is 0 Å². The van der Waals surface area contributed by atoms with Crippen LogP contribution in [0.3, 0.4) is 0 Å². The molecular formula is C16H19ClN4O2. The highest BCUT2D eigenvalue weighted by atomic mass is 35.5. The lowest BCUT2D eigenvalue weighted by Crippen LogP contribution is -2.37. The van der Waals surface area contributed by atoms with Crippen LogP contribution in [0, 0.1) is 6.92 Å². The van der Waals surface area contributed by atoms with Crippen LogP contribution in [0.1, 0.15) is 21.7 Å². The summed E-state index contributed by atoms with van der Waals surface area (Å²) in [4.78, 5) is 23.6. The highest BCUT2D eigenvalue weighted by molar-refractivity contribution is 6.31. The van der Waals surface area contributed by atoms with Crippen LogP contribution in [0.15, 0.2) is 30.3 Å². The number of halogens is 1. The summed E-state index contributed by atoms with van der Waals surface area (Å²) in [5.74, 6) is -0.618. The van der Waals surface area contributed by atoms with Crippen LogP contribution >= 0.6 is 11.6 Å². The summed E-state index contributed by atoms with van der Waals surface area (Å²) in [6.45, 7) is 2.23. The molecule has 1 aromatic heterocycles. The van der Waals surface area contributed by atoms with Crippen LogP contribution < -0.4 is 10.6 Å². The van der Waals surface area contributed by atoms with Gasteiger partial charge in [0.2, 0.25) is 5.91 Å². The molecule has 0 aliphatic heterocycles. The predicted octanol–water partition coefficient (Wildman–Crippen LogP) is 1.47. The number of benzene rings is 1. The molecule has 0 fully saturated rings. The summed E-state index contributed by atoms with van der Waals surface area (Å²) in [6, 6.07) is 9.16. The van der Waals surface area contributed by atoms with Crippen LogP contribution in [0.4, 0.5) is 0 Å². The number of nitrogens with one attached hydrogen (secondary N) is 2. The molecule has 2 amide bonds. The van der Waals surface area contributed by atoms with Gasteiger partial charge in [0.25, 0.3) is 5.91 Å². The molecule has 2 rings (SSSR count). The maximum Gasteiger partial charge on any atom is 0.272 e. The summed E-state index contributed by atoms with van der Waals surface area (Å²) in [6.07, 6.45) is 0.638. The van der Waals surface area contributed by atoms with Crippen molar-refractivity contribution in [2.45, 2.75) is 13.3 Å². The molecule has 23 heavy (non-hydrogen) atoms. The minimum absolute atomic E-state index is 0.0863. The maximum atomic E-state index is 11.9. The van der Waals surface area contributed by atoms with Crippen molar-refractivity contribution < 1.29 is 9.59 Å². The summed E-state index contributed by atoms with van der Waals surface area (Å²) >= 11 is 6.05. The third-order valence-electron chi connectivity index (χ3n) is 3.43. The number of rotatable bonds is 6. The number of aromatic nitrogens is 2. The minimum Gasteiger partial charge on any atom is -0.354 e. The molecule has 0 aliphatic rings. The monoisotopic (exact) mass is 334 g/mol. The van der Waals surface area contributed by atoms with Gasteiger partial charge in [-0.15, -0.1) is 0 Å². The Morgan fingerprint density at radius 1 is 1.26 bits per heavy atom. The highest BCUT2D eigenvalue weighted by Gasteiger charge is 2.12. The smallest absolute Gasteiger partial charge is 0.272 e. The fourth-order valence-electron chi connectivity index (χ4n) is 2.02. The van der Waals surface area contributed by atoms with Gasteiger partial charge in [-0.2, -0.15) is 5.10 Å². The second-order valence-corrected chi connectivity index (χ2v) is 5.58. The zero-order valence-corrected chi connectivity index (χ0v) is 13.9. The SMILES string of the molecule is Cc1cc(C(=O)NCC(=O)NCCc2ccccc2Cl)nn1C.